The second kappa shape index (κ2) is 9.19. The largest absolute Gasteiger partial charge is 0.497 e. The molecule has 1 N–H and O–H groups in total. The van der Waals surface area contributed by atoms with E-state index in [1.54, 1.807) is 13.2 Å². The molecule has 2 aromatic carbocycles. The Morgan fingerprint density at radius 1 is 1.15 bits per heavy atom. The van der Waals surface area contributed by atoms with Crippen LogP contribution in [0.4, 0.5) is 0 Å². The van der Waals surface area contributed by atoms with Gasteiger partial charge < -0.3 is 14.6 Å². The number of rotatable bonds is 8. The summed E-state index contributed by atoms with van der Waals surface area (Å²) in [5, 5.41) is 7.37. The molecule has 0 bridgehead atoms. The summed E-state index contributed by atoms with van der Waals surface area (Å²) < 4.78 is 10.3. The molecule has 3 aromatic rings. The predicted octanol–water partition coefficient (Wildman–Crippen LogP) is 3.69. The van der Waals surface area contributed by atoms with Crippen LogP contribution >= 0.6 is 11.6 Å². The van der Waals surface area contributed by atoms with Crippen LogP contribution in [0.15, 0.2) is 53.1 Å². The molecule has 0 unspecified atom stereocenters. The number of aryl methyl sites for hydroxylation is 1. The summed E-state index contributed by atoms with van der Waals surface area (Å²) in [6.07, 6.45) is 1.56. The molecule has 0 saturated heterocycles. The van der Waals surface area contributed by atoms with Gasteiger partial charge in [0.05, 0.1) is 12.1 Å². The molecule has 0 saturated carbocycles. The second-order valence-electron chi connectivity index (χ2n) is 5.94. The van der Waals surface area contributed by atoms with Gasteiger partial charge in [-0.15, -0.1) is 0 Å². The van der Waals surface area contributed by atoms with Crippen LogP contribution in [0, 0.1) is 0 Å². The second-order valence-corrected chi connectivity index (χ2v) is 6.35. The molecule has 0 radical (unpaired) electrons. The average Bonchev–Trinajstić information content (AvgIpc) is 3.16. The van der Waals surface area contributed by atoms with Gasteiger partial charge in [0, 0.05) is 24.9 Å². The van der Waals surface area contributed by atoms with Gasteiger partial charge in [0.25, 0.3) is 0 Å². The highest BCUT2D eigenvalue weighted by molar-refractivity contribution is 6.33. The maximum Gasteiger partial charge on any atom is 0.228 e. The lowest BCUT2D eigenvalue weighted by atomic mass is 10.1. The Bertz CT molecular complexity index is 893. The van der Waals surface area contributed by atoms with E-state index in [0.717, 1.165) is 16.9 Å². The summed E-state index contributed by atoms with van der Waals surface area (Å²) >= 11 is 6.13. The van der Waals surface area contributed by atoms with Crippen molar-refractivity contribution >= 4 is 17.5 Å². The molecular weight excluding hydrogens is 366 g/mol. The Kier molecular flexibility index (Phi) is 6.44. The summed E-state index contributed by atoms with van der Waals surface area (Å²) in [7, 11) is 1.63. The molecule has 7 heteroatoms. The standard InChI is InChI=1S/C20H20ClN3O3/c1-26-15-9-6-14(7-10-15)8-11-18(25)22-13-12-19-23-20(24-27-19)16-4-2-3-5-17(16)21/h2-7,9-10H,8,11-13H2,1H3,(H,22,25). The van der Waals surface area contributed by atoms with Crippen molar-refractivity contribution in [1.82, 2.24) is 15.5 Å². The van der Waals surface area contributed by atoms with E-state index in [4.69, 9.17) is 20.9 Å². The van der Waals surface area contributed by atoms with Crippen molar-refractivity contribution in [3.63, 3.8) is 0 Å². The van der Waals surface area contributed by atoms with Gasteiger partial charge in [0.15, 0.2) is 0 Å². The van der Waals surface area contributed by atoms with Gasteiger partial charge in [-0.05, 0) is 36.2 Å². The number of ether oxygens (including phenoxy) is 1. The normalized spacial score (nSPS) is 10.6. The average molecular weight is 386 g/mol. The highest BCUT2D eigenvalue weighted by Gasteiger charge is 2.11. The summed E-state index contributed by atoms with van der Waals surface area (Å²) in [5.41, 5.74) is 1.81. The van der Waals surface area contributed by atoms with Crippen LogP contribution < -0.4 is 10.1 Å². The van der Waals surface area contributed by atoms with Crippen LogP contribution in [0.2, 0.25) is 5.02 Å². The Morgan fingerprint density at radius 3 is 2.67 bits per heavy atom. The van der Waals surface area contributed by atoms with Crippen molar-refractivity contribution < 1.29 is 14.1 Å². The maximum absolute atomic E-state index is 12.0. The van der Waals surface area contributed by atoms with E-state index in [9.17, 15) is 4.79 Å². The first-order valence-electron chi connectivity index (χ1n) is 8.63. The van der Waals surface area contributed by atoms with Gasteiger partial charge in [-0.25, -0.2) is 0 Å². The first-order valence-corrected chi connectivity index (χ1v) is 9.00. The van der Waals surface area contributed by atoms with Crippen LogP contribution in [-0.2, 0) is 17.6 Å². The van der Waals surface area contributed by atoms with Gasteiger partial charge in [-0.2, -0.15) is 4.98 Å². The number of aromatic nitrogens is 2. The van der Waals surface area contributed by atoms with Gasteiger partial charge in [0.1, 0.15) is 5.75 Å². The first-order chi connectivity index (χ1) is 13.2. The number of nitrogens with zero attached hydrogens (tertiary/aromatic N) is 2. The number of hydrogen-bond donors (Lipinski definition) is 1. The molecule has 0 aliphatic rings. The topological polar surface area (TPSA) is 77.2 Å². The lowest BCUT2D eigenvalue weighted by molar-refractivity contribution is -0.121. The molecule has 140 valence electrons. The predicted molar refractivity (Wildman–Crippen MR) is 103 cm³/mol. The molecule has 27 heavy (non-hydrogen) atoms. The minimum atomic E-state index is -0.0170. The van der Waals surface area contributed by atoms with Crippen molar-refractivity contribution in [1.29, 1.82) is 0 Å². The number of methoxy groups -OCH3 is 1. The fraction of sp³-hybridized carbons (Fsp3) is 0.250. The fourth-order valence-electron chi connectivity index (χ4n) is 2.56. The van der Waals surface area contributed by atoms with E-state index in [2.05, 4.69) is 15.5 Å². The van der Waals surface area contributed by atoms with Crippen molar-refractivity contribution in [3.05, 3.63) is 65.0 Å². The molecule has 0 aliphatic heterocycles. The SMILES string of the molecule is COc1ccc(CCC(=O)NCCc2nc(-c3ccccc3Cl)no2)cc1. The Balaban J connectivity index is 1.43. The number of amides is 1. The van der Waals surface area contributed by atoms with E-state index in [1.807, 2.05) is 42.5 Å². The van der Waals surface area contributed by atoms with Crippen LogP contribution in [-0.4, -0.2) is 29.7 Å². The molecule has 1 amide bonds. The third kappa shape index (κ3) is 5.31. The van der Waals surface area contributed by atoms with Crippen LogP contribution in [0.25, 0.3) is 11.4 Å². The van der Waals surface area contributed by atoms with Gasteiger partial charge >= 0.3 is 0 Å². The quantitative estimate of drug-likeness (QED) is 0.639. The highest BCUT2D eigenvalue weighted by atomic mass is 35.5. The highest BCUT2D eigenvalue weighted by Crippen LogP contribution is 2.24. The Labute approximate surface area is 162 Å². The molecule has 0 fully saturated rings. The Hall–Kier alpha value is -2.86. The molecule has 3 rings (SSSR count). The van der Waals surface area contributed by atoms with E-state index in [0.29, 0.717) is 42.5 Å². The third-order valence-corrected chi connectivity index (χ3v) is 4.37. The summed E-state index contributed by atoms with van der Waals surface area (Å²) in [5.74, 6) is 1.69. The number of carbonyl (C=O) groups excluding carboxylic acids is 1. The number of nitrogens with one attached hydrogen (secondary N) is 1. The number of benzene rings is 2. The summed E-state index contributed by atoms with van der Waals surface area (Å²) in [4.78, 5) is 16.3. The van der Waals surface area contributed by atoms with E-state index >= 15 is 0 Å². The molecule has 0 aliphatic carbocycles. The lowest BCUT2D eigenvalue weighted by Gasteiger charge is -2.05. The summed E-state index contributed by atoms with van der Waals surface area (Å²) in [6, 6.07) is 15.0. The van der Waals surface area contributed by atoms with Crippen molar-refractivity contribution in [2.45, 2.75) is 19.3 Å². The van der Waals surface area contributed by atoms with Gasteiger partial charge in [0.2, 0.25) is 17.6 Å². The molecule has 6 nitrogen and oxygen atoms in total. The number of hydrogen-bond acceptors (Lipinski definition) is 5. The van der Waals surface area contributed by atoms with E-state index < -0.39 is 0 Å². The molecular formula is C20H20ClN3O3. The molecule has 0 atom stereocenters. The van der Waals surface area contributed by atoms with E-state index in [-0.39, 0.29) is 5.91 Å². The fourth-order valence-corrected chi connectivity index (χ4v) is 2.78. The number of carbonyl (C=O) groups is 1. The zero-order chi connectivity index (χ0) is 19.1. The van der Waals surface area contributed by atoms with Gasteiger partial charge in [-0.1, -0.05) is 41.0 Å². The third-order valence-electron chi connectivity index (χ3n) is 4.04. The van der Waals surface area contributed by atoms with Crippen molar-refractivity contribution in [3.8, 4) is 17.1 Å². The smallest absolute Gasteiger partial charge is 0.228 e. The molecule has 0 spiro atoms. The van der Waals surface area contributed by atoms with Crippen LogP contribution in [0.5, 0.6) is 5.75 Å². The monoisotopic (exact) mass is 385 g/mol. The summed E-state index contributed by atoms with van der Waals surface area (Å²) in [6.45, 7) is 0.436. The minimum Gasteiger partial charge on any atom is -0.497 e. The van der Waals surface area contributed by atoms with Gasteiger partial charge in [-0.3, -0.25) is 4.79 Å². The van der Waals surface area contributed by atoms with E-state index in [1.165, 1.54) is 0 Å². The minimum absolute atomic E-state index is 0.0170. The van der Waals surface area contributed by atoms with Crippen molar-refractivity contribution in [2.75, 3.05) is 13.7 Å². The maximum atomic E-state index is 12.0. The zero-order valence-electron chi connectivity index (χ0n) is 14.9. The molecule has 1 aromatic heterocycles. The zero-order valence-corrected chi connectivity index (χ0v) is 15.7. The lowest BCUT2D eigenvalue weighted by Crippen LogP contribution is -2.25. The van der Waals surface area contributed by atoms with Crippen LogP contribution in [0.1, 0.15) is 17.9 Å². The van der Waals surface area contributed by atoms with Crippen LogP contribution in [0.3, 0.4) is 0 Å². The van der Waals surface area contributed by atoms with Crippen molar-refractivity contribution in [2.24, 2.45) is 0 Å². The first kappa shape index (κ1) is 18.9. The number of halogens is 1. The Morgan fingerprint density at radius 2 is 1.93 bits per heavy atom. The molecule has 1 heterocycles.